The van der Waals surface area contributed by atoms with Gasteiger partial charge in [-0.3, -0.25) is 9.59 Å². The normalized spacial score (nSPS) is 28.7. The van der Waals surface area contributed by atoms with E-state index in [-0.39, 0.29) is 11.9 Å². The van der Waals surface area contributed by atoms with Crippen LogP contribution in [0.4, 0.5) is 0 Å². The first-order valence-electron chi connectivity index (χ1n) is 9.36. The van der Waals surface area contributed by atoms with Crippen LogP contribution in [0, 0.1) is 17.8 Å². The second-order valence-corrected chi connectivity index (χ2v) is 7.68. The van der Waals surface area contributed by atoms with Crippen molar-refractivity contribution in [1.29, 1.82) is 0 Å². The van der Waals surface area contributed by atoms with Crippen molar-refractivity contribution >= 4 is 11.8 Å². The third-order valence-corrected chi connectivity index (χ3v) is 6.12. The molecule has 24 heavy (non-hydrogen) atoms. The summed E-state index contributed by atoms with van der Waals surface area (Å²) in [7, 11) is 0. The predicted octanol–water partition coefficient (Wildman–Crippen LogP) is 2.84. The molecule has 1 N–H and O–H groups in total. The van der Waals surface area contributed by atoms with Crippen molar-refractivity contribution in [2.75, 3.05) is 13.1 Å². The van der Waals surface area contributed by atoms with Gasteiger partial charge in [0.2, 0.25) is 5.91 Å². The number of hydrogen-bond acceptors (Lipinski definition) is 2. The number of nitrogens with zero attached hydrogens (tertiary/aromatic N) is 1. The lowest BCUT2D eigenvalue weighted by molar-refractivity contribution is -0.131. The number of fused-ring (bicyclic) bond motifs is 1. The number of carbonyl (C=O) groups excluding carboxylic acids is 2. The summed E-state index contributed by atoms with van der Waals surface area (Å²) in [6.45, 7) is 1.65. The van der Waals surface area contributed by atoms with E-state index >= 15 is 0 Å². The summed E-state index contributed by atoms with van der Waals surface area (Å²) in [5.74, 6) is 2.04. The Morgan fingerprint density at radius 2 is 1.71 bits per heavy atom. The van der Waals surface area contributed by atoms with Gasteiger partial charge >= 0.3 is 0 Å². The summed E-state index contributed by atoms with van der Waals surface area (Å²) >= 11 is 0. The van der Waals surface area contributed by atoms with E-state index in [1.54, 1.807) is 0 Å². The number of piperidine rings is 1. The number of benzene rings is 1. The van der Waals surface area contributed by atoms with Crippen LogP contribution in [0.3, 0.4) is 0 Å². The van der Waals surface area contributed by atoms with E-state index in [0.29, 0.717) is 29.7 Å². The summed E-state index contributed by atoms with van der Waals surface area (Å²) in [6.07, 6.45) is 7.09. The number of amides is 2. The standard InChI is InChI=1S/C20H26N2O2/c23-18(11-10-14-6-4-5-7-14)22-12-16-17(13-22)19(16)21-20(24)15-8-2-1-3-9-15/h1-3,8-9,14,16-17,19H,4-7,10-13H2,(H,21,24)/t16-,17+,19?. The summed E-state index contributed by atoms with van der Waals surface area (Å²) < 4.78 is 0. The number of hydrogen-bond donors (Lipinski definition) is 1. The Labute approximate surface area is 143 Å². The van der Waals surface area contributed by atoms with E-state index in [0.717, 1.165) is 25.4 Å². The van der Waals surface area contributed by atoms with Crippen LogP contribution in [-0.4, -0.2) is 35.8 Å². The van der Waals surface area contributed by atoms with Crippen molar-refractivity contribution in [2.45, 2.75) is 44.6 Å². The summed E-state index contributed by atoms with van der Waals surface area (Å²) in [5.41, 5.74) is 0.715. The molecule has 4 nitrogen and oxygen atoms in total. The molecule has 2 amide bonds. The van der Waals surface area contributed by atoms with Gasteiger partial charge in [-0.15, -0.1) is 0 Å². The molecule has 0 bridgehead atoms. The minimum absolute atomic E-state index is 0.00844. The molecule has 1 unspecified atom stereocenters. The predicted molar refractivity (Wildman–Crippen MR) is 92.4 cm³/mol. The molecule has 4 heteroatoms. The highest BCUT2D eigenvalue weighted by molar-refractivity contribution is 5.94. The molecule has 1 heterocycles. The van der Waals surface area contributed by atoms with Crippen molar-refractivity contribution < 1.29 is 9.59 Å². The summed E-state index contributed by atoms with van der Waals surface area (Å²) in [4.78, 5) is 26.6. The zero-order valence-electron chi connectivity index (χ0n) is 14.1. The van der Waals surface area contributed by atoms with Crippen LogP contribution in [-0.2, 0) is 4.79 Å². The highest BCUT2D eigenvalue weighted by Crippen LogP contribution is 2.45. The largest absolute Gasteiger partial charge is 0.349 e. The van der Waals surface area contributed by atoms with Gasteiger partial charge in [0.1, 0.15) is 0 Å². The zero-order chi connectivity index (χ0) is 16.5. The first-order valence-corrected chi connectivity index (χ1v) is 9.36. The molecule has 1 aromatic carbocycles. The Kier molecular flexibility index (Phi) is 4.30. The maximum atomic E-state index is 12.4. The van der Waals surface area contributed by atoms with E-state index in [4.69, 9.17) is 0 Å². The zero-order valence-corrected chi connectivity index (χ0v) is 14.1. The van der Waals surface area contributed by atoms with Crippen molar-refractivity contribution in [2.24, 2.45) is 17.8 Å². The van der Waals surface area contributed by atoms with E-state index in [1.807, 2.05) is 35.2 Å². The van der Waals surface area contributed by atoms with Crippen LogP contribution in [0.25, 0.3) is 0 Å². The lowest BCUT2D eigenvalue weighted by Crippen LogP contribution is -2.37. The first-order chi connectivity index (χ1) is 11.7. The van der Waals surface area contributed by atoms with Gasteiger partial charge in [0.05, 0.1) is 0 Å². The van der Waals surface area contributed by atoms with Crippen molar-refractivity contribution in [1.82, 2.24) is 10.2 Å². The Balaban J connectivity index is 1.21. The number of carbonyl (C=O) groups is 2. The molecule has 0 spiro atoms. The second-order valence-electron chi connectivity index (χ2n) is 7.68. The van der Waals surface area contributed by atoms with Gasteiger partial charge in [0.25, 0.3) is 5.91 Å². The molecule has 0 radical (unpaired) electrons. The molecule has 1 aliphatic heterocycles. The van der Waals surface area contributed by atoms with E-state index < -0.39 is 0 Å². The maximum Gasteiger partial charge on any atom is 0.251 e. The molecule has 2 saturated carbocycles. The topological polar surface area (TPSA) is 49.4 Å². The van der Waals surface area contributed by atoms with Crippen LogP contribution >= 0.6 is 0 Å². The first kappa shape index (κ1) is 15.7. The Morgan fingerprint density at radius 1 is 1.04 bits per heavy atom. The molecule has 2 aliphatic carbocycles. The fraction of sp³-hybridized carbons (Fsp3) is 0.600. The molecule has 4 rings (SSSR count). The van der Waals surface area contributed by atoms with Gasteiger partial charge in [-0.1, -0.05) is 43.9 Å². The molecule has 3 aliphatic rings. The Bertz CT molecular complexity index is 597. The van der Waals surface area contributed by atoms with Crippen LogP contribution in [0.15, 0.2) is 30.3 Å². The van der Waals surface area contributed by atoms with Crippen molar-refractivity contribution in [3.63, 3.8) is 0 Å². The fourth-order valence-corrected chi connectivity index (χ4v) is 4.55. The van der Waals surface area contributed by atoms with E-state index in [9.17, 15) is 9.59 Å². The van der Waals surface area contributed by atoms with Crippen molar-refractivity contribution in [3.8, 4) is 0 Å². The van der Waals surface area contributed by atoms with Crippen LogP contribution < -0.4 is 5.32 Å². The molecule has 1 aromatic rings. The summed E-state index contributed by atoms with van der Waals surface area (Å²) in [6, 6.07) is 9.62. The average molecular weight is 326 g/mol. The molecule has 3 fully saturated rings. The second kappa shape index (κ2) is 6.58. The monoisotopic (exact) mass is 326 g/mol. The quantitative estimate of drug-likeness (QED) is 0.904. The van der Waals surface area contributed by atoms with E-state index in [1.165, 1.54) is 25.7 Å². The third-order valence-electron chi connectivity index (χ3n) is 6.12. The van der Waals surface area contributed by atoms with E-state index in [2.05, 4.69) is 5.32 Å². The van der Waals surface area contributed by atoms with Gasteiger partial charge in [-0.05, 0) is 24.5 Å². The molecule has 128 valence electrons. The van der Waals surface area contributed by atoms with Gasteiger partial charge in [-0.25, -0.2) is 0 Å². The van der Waals surface area contributed by atoms with Crippen molar-refractivity contribution in [3.05, 3.63) is 35.9 Å². The molecular weight excluding hydrogens is 300 g/mol. The lowest BCUT2D eigenvalue weighted by Gasteiger charge is -2.21. The van der Waals surface area contributed by atoms with Crippen LogP contribution in [0.1, 0.15) is 48.9 Å². The number of nitrogens with one attached hydrogen (secondary N) is 1. The maximum absolute atomic E-state index is 12.4. The Hall–Kier alpha value is -1.84. The molecule has 3 atom stereocenters. The highest BCUT2D eigenvalue weighted by Gasteiger charge is 2.57. The van der Waals surface area contributed by atoms with Crippen LogP contribution in [0.5, 0.6) is 0 Å². The smallest absolute Gasteiger partial charge is 0.251 e. The minimum atomic E-state index is 0.00844. The van der Waals surface area contributed by atoms with Gasteiger partial charge < -0.3 is 10.2 Å². The number of rotatable bonds is 5. The fourth-order valence-electron chi connectivity index (χ4n) is 4.55. The Morgan fingerprint density at radius 3 is 2.38 bits per heavy atom. The summed E-state index contributed by atoms with van der Waals surface area (Å²) in [5, 5.41) is 3.13. The molecule has 0 aromatic heterocycles. The number of likely N-dealkylation sites (tertiary alicyclic amines) is 1. The SMILES string of the molecule is O=C(NC1[C@H]2CN(C(=O)CCC3CCCC3)C[C@@H]12)c1ccccc1. The minimum Gasteiger partial charge on any atom is -0.349 e. The lowest BCUT2D eigenvalue weighted by atomic mass is 10.0. The third kappa shape index (κ3) is 3.19. The highest BCUT2D eigenvalue weighted by atomic mass is 16.2. The van der Waals surface area contributed by atoms with Gasteiger partial charge in [-0.2, -0.15) is 0 Å². The molecule has 1 saturated heterocycles. The molecular formula is C20H26N2O2. The average Bonchev–Trinajstić information content (AvgIpc) is 3.06. The van der Waals surface area contributed by atoms with Gasteiger partial charge in [0, 0.05) is 43.0 Å². The van der Waals surface area contributed by atoms with Crippen LogP contribution in [0.2, 0.25) is 0 Å². The van der Waals surface area contributed by atoms with Gasteiger partial charge in [0.15, 0.2) is 0 Å².